The predicted octanol–water partition coefficient (Wildman–Crippen LogP) is 4.43. The molecule has 2 amide bonds. The van der Waals surface area contributed by atoms with Gasteiger partial charge in [-0.1, -0.05) is 29.3 Å². The summed E-state index contributed by atoms with van der Waals surface area (Å²) >= 11 is 13.3. The van der Waals surface area contributed by atoms with E-state index in [9.17, 15) is 9.59 Å². The number of rotatable bonds is 5. The molecule has 0 aliphatic carbocycles. The average molecular weight is 383 g/mol. The van der Waals surface area contributed by atoms with Crippen molar-refractivity contribution in [1.82, 2.24) is 4.90 Å². The number of amides is 2. The van der Waals surface area contributed by atoms with Crippen molar-refractivity contribution in [3.05, 3.63) is 58.1 Å². The lowest BCUT2D eigenvalue weighted by atomic mass is 10.2. The molecule has 0 saturated carbocycles. The van der Waals surface area contributed by atoms with Gasteiger partial charge in [0, 0.05) is 35.3 Å². The average Bonchev–Trinajstić information content (AvgIpc) is 2.55. The third-order valence-electron chi connectivity index (χ3n) is 3.05. The minimum Gasteiger partial charge on any atom is -0.345 e. The molecular weight excluding hydrogens is 367 g/mol. The van der Waals surface area contributed by atoms with Gasteiger partial charge in [-0.15, -0.1) is 11.8 Å². The minimum atomic E-state index is -0.189. The van der Waals surface area contributed by atoms with Crippen molar-refractivity contribution in [1.29, 1.82) is 0 Å². The van der Waals surface area contributed by atoms with Crippen LogP contribution in [0.5, 0.6) is 0 Å². The number of halogens is 2. The Hall–Kier alpha value is -1.69. The van der Waals surface area contributed by atoms with Gasteiger partial charge in [-0.3, -0.25) is 9.59 Å². The molecule has 0 radical (unpaired) electrons. The van der Waals surface area contributed by atoms with Crippen molar-refractivity contribution in [2.45, 2.75) is 4.90 Å². The quantitative estimate of drug-likeness (QED) is 0.778. The normalized spacial score (nSPS) is 10.3. The molecule has 126 valence electrons. The molecule has 1 N–H and O–H groups in total. The molecule has 0 bridgehead atoms. The first-order chi connectivity index (χ1) is 11.4. The van der Waals surface area contributed by atoms with Gasteiger partial charge in [-0.05, 0) is 36.4 Å². The molecule has 24 heavy (non-hydrogen) atoms. The summed E-state index contributed by atoms with van der Waals surface area (Å²) in [5, 5.41) is 3.89. The first kappa shape index (κ1) is 18.6. The Kier molecular flexibility index (Phi) is 6.54. The summed E-state index contributed by atoms with van der Waals surface area (Å²) in [5.74, 6) is -0.122. The summed E-state index contributed by atoms with van der Waals surface area (Å²) in [6, 6.07) is 11.9. The fourth-order valence-corrected chi connectivity index (χ4v) is 3.21. The Labute approximate surface area is 155 Å². The lowest BCUT2D eigenvalue weighted by Gasteiger charge is -2.12. The largest absolute Gasteiger partial charge is 0.345 e. The first-order valence-electron chi connectivity index (χ1n) is 7.06. The highest BCUT2D eigenvalue weighted by atomic mass is 35.5. The third-order valence-corrected chi connectivity index (χ3v) is 4.78. The Balaban J connectivity index is 1.99. The Morgan fingerprint density at radius 3 is 2.58 bits per heavy atom. The number of hydrogen-bond donors (Lipinski definition) is 1. The zero-order chi connectivity index (χ0) is 17.7. The molecule has 7 heteroatoms. The molecule has 4 nitrogen and oxygen atoms in total. The van der Waals surface area contributed by atoms with Gasteiger partial charge in [0.15, 0.2) is 0 Å². The van der Waals surface area contributed by atoms with E-state index in [2.05, 4.69) is 5.32 Å². The highest BCUT2D eigenvalue weighted by molar-refractivity contribution is 8.00. The molecule has 0 atom stereocenters. The van der Waals surface area contributed by atoms with Crippen LogP contribution in [0.3, 0.4) is 0 Å². The van der Waals surface area contributed by atoms with Crippen LogP contribution in [0.1, 0.15) is 10.4 Å². The molecule has 0 aromatic heterocycles. The molecule has 2 rings (SSSR count). The van der Waals surface area contributed by atoms with Crippen molar-refractivity contribution in [2.75, 3.05) is 25.2 Å². The maximum absolute atomic E-state index is 12.1. The second-order valence-corrected chi connectivity index (χ2v) is 7.05. The van der Waals surface area contributed by atoms with Crippen LogP contribution in [0, 0.1) is 0 Å². The molecular formula is C17H16Cl2N2O2S. The second kappa shape index (κ2) is 8.42. The van der Waals surface area contributed by atoms with E-state index in [1.54, 1.807) is 56.6 Å². The van der Waals surface area contributed by atoms with Crippen LogP contribution in [0.25, 0.3) is 0 Å². The van der Waals surface area contributed by atoms with Gasteiger partial charge in [0.25, 0.3) is 5.91 Å². The number of benzene rings is 2. The van der Waals surface area contributed by atoms with Crippen LogP contribution in [-0.2, 0) is 4.79 Å². The van der Waals surface area contributed by atoms with E-state index < -0.39 is 0 Å². The van der Waals surface area contributed by atoms with Crippen LogP contribution in [0.15, 0.2) is 47.4 Å². The SMILES string of the molecule is CN(C)C(=O)c1cccc(NC(=O)CSc2cc(Cl)ccc2Cl)c1. The maximum Gasteiger partial charge on any atom is 0.253 e. The molecule has 2 aromatic carbocycles. The van der Waals surface area contributed by atoms with Crippen molar-refractivity contribution in [3.63, 3.8) is 0 Å². The molecule has 0 heterocycles. The van der Waals surface area contributed by atoms with E-state index in [-0.39, 0.29) is 17.6 Å². The number of nitrogens with one attached hydrogen (secondary N) is 1. The van der Waals surface area contributed by atoms with Gasteiger partial charge < -0.3 is 10.2 Å². The Bertz CT molecular complexity index is 766. The van der Waals surface area contributed by atoms with Crippen LogP contribution in [0.4, 0.5) is 5.69 Å². The van der Waals surface area contributed by atoms with E-state index in [1.165, 1.54) is 16.7 Å². The summed E-state index contributed by atoms with van der Waals surface area (Å²) in [7, 11) is 3.36. The Morgan fingerprint density at radius 1 is 1.12 bits per heavy atom. The second-order valence-electron chi connectivity index (χ2n) is 5.19. The van der Waals surface area contributed by atoms with E-state index in [1.807, 2.05) is 0 Å². The van der Waals surface area contributed by atoms with Crippen molar-refractivity contribution >= 4 is 52.5 Å². The van der Waals surface area contributed by atoms with Crippen LogP contribution < -0.4 is 5.32 Å². The van der Waals surface area contributed by atoms with Crippen molar-refractivity contribution in [3.8, 4) is 0 Å². The van der Waals surface area contributed by atoms with Crippen molar-refractivity contribution < 1.29 is 9.59 Å². The fraction of sp³-hybridized carbons (Fsp3) is 0.176. The van der Waals surface area contributed by atoms with Crippen LogP contribution in [-0.4, -0.2) is 36.6 Å². The minimum absolute atomic E-state index is 0.119. The standard InChI is InChI=1S/C17H16Cl2N2O2S/c1-21(2)17(23)11-4-3-5-13(8-11)20-16(22)10-24-15-9-12(18)6-7-14(15)19/h3-9H,10H2,1-2H3,(H,20,22). The fourth-order valence-electron chi connectivity index (χ4n) is 1.92. The van der Waals surface area contributed by atoms with E-state index in [4.69, 9.17) is 23.2 Å². The predicted molar refractivity (Wildman–Crippen MR) is 100 cm³/mol. The molecule has 0 unspecified atom stereocenters. The highest BCUT2D eigenvalue weighted by Gasteiger charge is 2.10. The first-order valence-corrected chi connectivity index (χ1v) is 8.80. The van der Waals surface area contributed by atoms with Gasteiger partial charge in [0.1, 0.15) is 0 Å². The lowest BCUT2D eigenvalue weighted by molar-refractivity contribution is -0.113. The van der Waals surface area contributed by atoms with Crippen LogP contribution >= 0.6 is 35.0 Å². The van der Waals surface area contributed by atoms with Gasteiger partial charge in [0.2, 0.25) is 5.91 Å². The smallest absolute Gasteiger partial charge is 0.253 e. The van der Waals surface area contributed by atoms with E-state index in [0.29, 0.717) is 21.3 Å². The van der Waals surface area contributed by atoms with Gasteiger partial charge in [0.05, 0.1) is 10.8 Å². The number of nitrogens with zero attached hydrogens (tertiary/aromatic N) is 1. The number of carbonyl (C=O) groups is 2. The van der Waals surface area contributed by atoms with Crippen LogP contribution in [0.2, 0.25) is 10.0 Å². The molecule has 0 aliphatic rings. The Morgan fingerprint density at radius 2 is 1.88 bits per heavy atom. The van der Waals surface area contributed by atoms with E-state index in [0.717, 1.165) is 4.90 Å². The zero-order valence-electron chi connectivity index (χ0n) is 13.2. The summed E-state index contributed by atoms with van der Waals surface area (Å²) in [5.41, 5.74) is 1.09. The highest BCUT2D eigenvalue weighted by Crippen LogP contribution is 2.29. The summed E-state index contributed by atoms with van der Waals surface area (Å²) < 4.78 is 0. The molecule has 2 aromatic rings. The number of thioether (sulfide) groups is 1. The van der Waals surface area contributed by atoms with Gasteiger partial charge in [-0.25, -0.2) is 0 Å². The number of hydrogen-bond acceptors (Lipinski definition) is 3. The summed E-state index contributed by atoms with van der Waals surface area (Å²) in [6.07, 6.45) is 0. The molecule has 0 saturated heterocycles. The third kappa shape index (κ3) is 5.16. The van der Waals surface area contributed by atoms with Gasteiger partial charge >= 0.3 is 0 Å². The summed E-state index contributed by atoms with van der Waals surface area (Å²) in [4.78, 5) is 26.3. The number of anilines is 1. The van der Waals surface area contributed by atoms with E-state index >= 15 is 0 Å². The van der Waals surface area contributed by atoms with Crippen molar-refractivity contribution in [2.24, 2.45) is 0 Å². The zero-order valence-corrected chi connectivity index (χ0v) is 15.5. The summed E-state index contributed by atoms with van der Waals surface area (Å²) in [6.45, 7) is 0. The topological polar surface area (TPSA) is 49.4 Å². The molecule has 0 aliphatic heterocycles. The number of carbonyl (C=O) groups excluding carboxylic acids is 2. The molecule has 0 spiro atoms. The monoisotopic (exact) mass is 382 g/mol. The van der Waals surface area contributed by atoms with Gasteiger partial charge in [-0.2, -0.15) is 0 Å². The maximum atomic E-state index is 12.1. The molecule has 0 fully saturated rings. The lowest BCUT2D eigenvalue weighted by Crippen LogP contribution is -2.22.